The molecule has 0 bridgehead atoms. The van der Waals surface area contributed by atoms with Gasteiger partial charge in [0.05, 0.1) is 25.2 Å². The van der Waals surface area contributed by atoms with E-state index in [2.05, 4.69) is 10.6 Å². The molecule has 0 saturated carbocycles. The van der Waals surface area contributed by atoms with Crippen LogP contribution < -0.4 is 10.6 Å². The summed E-state index contributed by atoms with van der Waals surface area (Å²) in [6.07, 6.45) is 0.130. The number of hydrogen-bond donors (Lipinski definition) is 2. The van der Waals surface area contributed by atoms with Crippen molar-refractivity contribution in [3.8, 4) is 0 Å². The number of thiophene rings is 1. The van der Waals surface area contributed by atoms with Gasteiger partial charge in [-0.05, 0) is 17.9 Å². The number of carbonyl (C=O) groups excluding carboxylic acids is 2. The minimum atomic E-state index is -2.93. The lowest BCUT2D eigenvalue weighted by molar-refractivity contribution is -0.126. The summed E-state index contributed by atoms with van der Waals surface area (Å²) in [4.78, 5) is 23.5. The summed E-state index contributed by atoms with van der Waals surface area (Å²) in [5.74, 6) is -4.01. The molecule has 2 amide bonds. The predicted molar refractivity (Wildman–Crippen MR) is 78.1 cm³/mol. The first kappa shape index (κ1) is 16.8. The highest BCUT2D eigenvalue weighted by atomic mass is 32.1. The highest BCUT2D eigenvalue weighted by molar-refractivity contribution is 7.08. The molecule has 1 saturated heterocycles. The molecule has 2 rings (SSSR count). The van der Waals surface area contributed by atoms with E-state index in [0.717, 1.165) is 6.92 Å². The van der Waals surface area contributed by atoms with E-state index < -0.39 is 24.3 Å². The van der Waals surface area contributed by atoms with Crippen LogP contribution in [0.25, 0.3) is 0 Å². The first-order valence-corrected chi connectivity index (χ1v) is 7.87. The Morgan fingerprint density at radius 3 is 2.86 bits per heavy atom. The Labute approximate surface area is 131 Å². The summed E-state index contributed by atoms with van der Waals surface area (Å²) in [5, 5.41) is 8.50. The SMILES string of the molecule is CC(F)(F)CNC(=O)[C@@H]1CO[C@H](CNC(=O)c2ccsc2)C1. The van der Waals surface area contributed by atoms with Crippen LogP contribution in [-0.2, 0) is 9.53 Å². The smallest absolute Gasteiger partial charge is 0.262 e. The Kier molecular flexibility index (Phi) is 5.47. The van der Waals surface area contributed by atoms with Crippen molar-refractivity contribution in [1.82, 2.24) is 10.6 Å². The Balaban J connectivity index is 1.71. The third-order valence-corrected chi connectivity index (χ3v) is 3.98. The summed E-state index contributed by atoms with van der Waals surface area (Å²) in [6.45, 7) is 0.547. The van der Waals surface area contributed by atoms with Crippen molar-refractivity contribution >= 4 is 23.2 Å². The summed E-state index contributed by atoms with van der Waals surface area (Å²) < 4.78 is 30.8. The lowest BCUT2D eigenvalue weighted by Gasteiger charge is -2.14. The first-order chi connectivity index (χ1) is 10.3. The fraction of sp³-hybridized carbons (Fsp3) is 0.571. The predicted octanol–water partition coefficient (Wildman–Crippen LogP) is 1.65. The summed E-state index contributed by atoms with van der Waals surface area (Å²) in [5.41, 5.74) is 0.586. The van der Waals surface area contributed by atoms with Gasteiger partial charge in [-0.25, -0.2) is 8.78 Å². The minimum absolute atomic E-state index is 0.181. The molecule has 2 heterocycles. The number of hydrogen-bond acceptors (Lipinski definition) is 4. The molecule has 22 heavy (non-hydrogen) atoms. The van der Waals surface area contributed by atoms with Crippen LogP contribution in [0.4, 0.5) is 8.78 Å². The molecule has 0 spiro atoms. The fourth-order valence-electron chi connectivity index (χ4n) is 2.12. The molecule has 8 heteroatoms. The topological polar surface area (TPSA) is 67.4 Å². The quantitative estimate of drug-likeness (QED) is 0.832. The van der Waals surface area contributed by atoms with Gasteiger partial charge in [0.1, 0.15) is 0 Å². The van der Waals surface area contributed by atoms with E-state index in [0.29, 0.717) is 18.5 Å². The Morgan fingerprint density at radius 2 is 2.23 bits per heavy atom. The lowest BCUT2D eigenvalue weighted by atomic mass is 10.0. The highest BCUT2D eigenvalue weighted by Gasteiger charge is 2.32. The monoisotopic (exact) mass is 332 g/mol. The molecule has 0 radical (unpaired) electrons. The number of alkyl halides is 2. The molecule has 1 aliphatic heterocycles. The number of amides is 2. The average molecular weight is 332 g/mol. The molecule has 0 unspecified atom stereocenters. The minimum Gasteiger partial charge on any atom is -0.376 e. The summed E-state index contributed by atoms with van der Waals surface area (Å²) in [7, 11) is 0. The molecule has 5 nitrogen and oxygen atoms in total. The van der Waals surface area contributed by atoms with Gasteiger partial charge in [-0.2, -0.15) is 11.3 Å². The standard InChI is InChI=1S/C14H18F2N2O3S/c1-14(15,16)8-18-13(20)10-4-11(21-6-10)5-17-12(19)9-2-3-22-7-9/h2-3,7,10-11H,4-6,8H2,1H3,(H,17,19)(H,18,20)/t10-,11-/m0/s1. The van der Waals surface area contributed by atoms with Crippen molar-refractivity contribution in [3.63, 3.8) is 0 Å². The van der Waals surface area contributed by atoms with Gasteiger partial charge in [-0.15, -0.1) is 0 Å². The molecular weight excluding hydrogens is 314 g/mol. The average Bonchev–Trinajstić information content (AvgIpc) is 3.12. The van der Waals surface area contributed by atoms with Gasteiger partial charge in [-0.3, -0.25) is 9.59 Å². The van der Waals surface area contributed by atoms with E-state index in [-0.39, 0.29) is 18.6 Å². The number of carbonyl (C=O) groups is 2. The molecule has 122 valence electrons. The third-order valence-electron chi connectivity index (χ3n) is 3.30. The van der Waals surface area contributed by atoms with E-state index in [9.17, 15) is 18.4 Å². The number of nitrogens with one attached hydrogen (secondary N) is 2. The lowest BCUT2D eigenvalue weighted by Crippen LogP contribution is -2.38. The second kappa shape index (κ2) is 7.15. The second-order valence-corrected chi connectivity index (χ2v) is 6.18. The summed E-state index contributed by atoms with van der Waals surface area (Å²) in [6, 6.07) is 1.72. The second-order valence-electron chi connectivity index (χ2n) is 5.40. The van der Waals surface area contributed by atoms with E-state index >= 15 is 0 Å². The Bertz CT molecular complexity index is 517. The molecule has 1 aromatic rings. The van der Waals surface area contributed by atoms with Crippen molar-refractivity contribution in [2.75, 3.05) is 19.7 Å². The van der Waals surface area contributed by atoms with Gasteiger partial charge in [-0.1, -0.05) is 0 Å². The fourth-order valence-corrected chi connectivity index (χ4v) is 2.76. The summed E-state index contributed by atoms with van der Waals surface area (Å²) >= 11 is 1.43. The largest absolute Gasteiger partial charge is 0.376 e. The van der Waals surface area contributed by atoms with Gasteiger partial charge in [0, 0.05) is 24.4 Å². The van der Waals surface area contributed by atoms with Gasteiger partial charge in [0.15, 0.2) is 0 Å². The van der Waals surface area contributed by atoms with Crippen LogP contribution in [0.2, 0.25) is 0 Å². The van der Waals surface area contributed by atoms with E-state index in [1.807, 2.05) is 5.38 Å². The zero-order valence-electron chi connectivity index (χ0n) is 12.1. The van der Waals surface area contributed by atoms with Crippen LogP contribution >= 0.6 is 11.3 Å². The van der Waals surface area contributed by atoms with Gasteiger partial charge < -0.3 is 15.4 Å². The van der Waals surface area contributed by atoms with Crippen LogP contribution in [0, 0.1) is 5.92 Å². The maximum absolute atomic E-state index is 12.7. The van der Waals surface area contributed by atoms with Crippen molar-refractivity contribution in [3.05, 3.63) is 22.4 Å². The molecule has 1 fully saturated rings. The normalized spacial score (nSPS) is 21.6. The molecule has 1 aliphatic rings. The van der Waals surface area contributed by atoms with Crippen LogP contribution in [0.5, 0.6) is 0 Å². The van der Waals surface area contributed by atoms with E-state index in [1.54, 1.807) is 11.4 Å². The van der Waals surface area contributed by atoms with Crippen molar-refractivity contribution in [2.24, 2.45) is 5.92 Å². The zero-order chi connectivity index (χ0) is 16.2. The molecule has 1 aromatic heterocycles. The molecule has 0 aromatic carbocycles. The van der Waals surface area contributed by atoms with Gasteiger partial charge in [0.25, 0.3) is 11.8 Å². The van der Waals surface area contributed by atoms with E-state index in [4.69, 9.17) is 4.74 Å². The molecule has 0 aliphatic carbocycles. The highest BCUT2D eigenvalue weighted by Crippen LogP contribution is 2.20. The third kappa shape index (κ3) is 5.03. The maximum atomic E-state index is 12.7. The maximum Gasteiger partial charge on any atom is 0.262 e. The van der Waals surface area contributed by atoms with Crippen molar-refractivity contribution in [1.29, 1.82) is 0 Å². The number of halogens is 2. The van der Waals surface area contributed by atoms with E-state index in [1.165, 1.54) is 11.3 Å². The first-order valence-electron chi connectivity index (χ1n) is 6.93. The van der Waals surface area contributed by atoms with Crippen LogP contribution in [-0.4, -0.2) is 43.5 Å². The number of ether oxygens (including phenoxy) is 1. The van der Waals surface area contributed by atoms with Crippen LogP contribution in [0.1, 0.15) is 23.7 Å². The number of rotatable bonds is 6. The van der Waals surface area contributed by atoms with Gasteiger partial charge >= 0.3 is 0 Å². The molecular formula is C14H18F2N2O3S. The van der Waals surface area contributed by atoms with Crippen molar-refractivity contribution < 1.29 is 23.1 Å². The van der Waals surface area contributed by atoms with Crippen LogP contribution in [0.3, 0.4) is 0 Å². The molecule has 2 atom stereocenters. The zero-order valence-corrected chi connectivity index (χ0v) is 12.9. The molecule has 2 N–H and O–H groups in total. The Hall–Kier alpha value is -1.54. The van der Waals surface area contributed by atoms with Gasteiger partial charge in [0.2, 0.25) is 5.91 Å². The Morgan fingerprint density at radius 1 is 1.45 bits per heavy atom. The van der Waals surface area contributed by atoms with Crippen molar-refractivity contribution in [2.45, 2.75) is 25.4 Å². The van der Waals surface area contributed by atoms with Crippen LogP contribution in [0.15, 0.2) is 16.8 Å².